The molecule has 0 unspecified atom stereocenters. The van der Waals surface area contributed by atoms with Crippen molar-refractivity contribution in [2.75, 3.05) is 0 Å². The molecule has 0 aromatic heterocycles. The van der Waals surface area contributed by atoms with Crippen LogP contribution in [-0.2, 0) is 11.3 Å². The Hall–Kier alpha value is -1.83. The van der Waals surface area contributed by atoms with Gasteiger partial charge in [-0.05, 0) is 19.4 Å². The molecule has 0 bridgehead atoms. The molecule has 0 saturated heterocycles. The van der Waals surface area contributed by atoms with Gasteiger partial charge in [0.25, 0.3) is 5.91 Å². The van der Waals surface area contributed by atoms with Gasteiger partial charge in [0.15, 0.2) is 0 Å². The van der Waals surface area contributed by atoms with Crippen molar-refractivity contribution in [3.05, 3.63) is 59.7 Å². The highest BCUT2D eigenvalue weighted by Gasteiger charge is 2.03. The van der Waals surface area contributed by atoms with Gasteiger partial charge in [0.05, 0.1) is 0 Å². The first-order chi connectivity index (χ1) is 7.77. The molecule has 2 nitrogen and oxygen atoms in total. The fourth-order valence-corrected chi connectivity index (χ4v) is 1.36. The Morgan fingerprint density at radius 2 is 1.94 bits per heavy atom. The molecule has 0 saturated carbocycles. The van der Waals surface area contributed by atoms with E-state index in [1.54, 1.807) is 12.2 Å². The molecule has 0 spiro atoms. The zero-order valence-corrected chi connectivity index (χ0v) is 9.73. The molecule has 16 heavy (non-hydrogen) atoms. The largest absolute Gasteiger partial charge is 0.348 e. The second kappa shape index (κ2) is 6.62. The van der Waals surface area contributed by atoms with E-state index in [1.807, 2.05) is 50.3 Å². The third-order valence-electron chi connectivity index (χ3n) is 2.22. The summed E-state index contributed by atoms with van der Waals surface area (Å²) in [6.07, 6.45) is 5.47. The summed E-state index contributed by atoms with van der Waals surface area (Å²) in [6, 6.07) is 9.87. The van der Waals surface area contributed by atoms with Crippen LogP contribution in [-0.4, -0.2) is 5.91 Å². The molecule has 1 amide bonds. The summed E-state index contributed by atoms with van der Waals surface area (Å²) in [5.41, 5.74) is 1.80. The Balaban J connectivity index is 2.53. The van der Waals surface area contributed by atoms with Crippen LogP contribution in [0.4, 0.5) is 0 Å². The van der Waals surface area contributed by atoms with Gasteiger partial charge in [-0.2, -0.15) is 0 Å². The van der Waals surface area contributed by atoms with Crippen molar-refractivity contribution < 1.29 is 4.79 Å². The van der Waals surface area contributed by atoms with Crippen LogP contribution < -0.4 is 5.32 Å². The predicted octanol–water partition coefficient (Wildman–Crippen LogP) is 2.83. The Morgan fingerprint density at radius 3 is 2.50 bits per heavy atom. The van der Waals surface area contributed by atoms with Crippen molar-refractivity contribution in [2.45, 2.75) is 20.4 Å². The van der Waals surface area contributed by atoms with Gasteiger partial charge >= 0.3 is 0 Å². The molecule has 0 atom stereocenters. The van der Waals surface area contributed by atoms with E-state index in [9.17, 15) is 4.79 Å². The lowest BCUT2D eigenvalue weighted by atomic mass is 10.2. The Labute approximate surface area is 96.7 Å². The van der Waals surface area contributed by atoms with E-state index in [0.29, 0.717) is 12.1 Å². The fraction of sp³-hybridized carbons (Fsp3) is 0.214. The molecule has 0 aliphatic rings. The first-order valence-corrected chi connectivity index (χ1v) is 5.39. The van der Waals surface area contributed by atoms with Gasteiger partial charge in [0.1, 0.15) is 0 Å². The van der Waals surface area contributed by atoms with E-state index in [4.69, 9.17) is 0 Å². The van der Waals surface area contributed by atoms with Crippen molar-refractivity contribution in [1.29, 1.82) is 0 Å². The number of carbonyl (C=O) groups excluding carboxylic acids is 1. The van der Waals surface area contributed by atoms with Crippen LogP contribution >= 0.6 is 0 Å². The minimum absolute atomic E-state index is 0.0375. The van der Waals surface area contributed by atoms with Gasteiger partial charge in [0.2, 0.25) is 0 Å². The minimum Gasteiger partial charge on any atom is -0.348 e. The van der Waals surface area contributed by atoms with Gasteiger partial charge in [0, 0.05) is 12.1 Å². The molecular weight excluding hydrogens is 198 g/mol. The molecule has 1 N–H and O–H groups in total. The molecule has 0 radical (unpaired) electrons. The molecule has 1 aromatic carbocycles. The van der Waals surface area contributed by atoms with Gasteiger partial charge in [-0.15, -0.1) is 0 Å². The lowest BCUT2D eigenvalue weighted by Crippen LogP contribution is -2.23. The molecule has 0 fully saturated rings. The zero-order chi connectivity index (χ0) is 11.8. The van der Waals surface area contributed by atoms with Gasteiger partial charge in [-0.25, -0.2) is 0 Å². The highest BCUT2D eigenvalue weighted by atomic mass is 16.1. The third-order valence-corrected chi connectivity index (χ3v) is 2.22. The average Bonchev–Trinajstić information content (AvgIpc) is 2.34. The van der Waals surface area contributed by atoms with E-state index < -0.39 is 0 Å². The van der Waals surface area contributed by atoms with Gasteiger partial charge < -0.3 is 5.32 Å². The zero-order valence-electron chi connectivity index (χ0n) is 9.73. The number of carbonyl (C=O) groups is 1. The van der Waals surface area contributed by atoms with Crippen molar-refractivity contribution in [2.24, 2.45) is 0 Å². The lowest BCUT2D eigenvalue weighted by Gasteiger charge is -2.05. The molecule has 84 valence electrons. The first-order valence-electron chi connectivity index (χ1n) is 5.39. The number of nitrogens with one attached hydrogen (secondary N) is 1. The maximum Gasteiger partial charge on any atom is 0.251 e. The summed E-state index contributed by atoms with van der Waals surface area (Å²) in [7, 11) is 0. The van der Waals surface area contributed by atoms with Crippen molar-refractivity contribution >= 4 is 5.91 Å². The Bertz CT molecular complexity index is 390. The van der Waals surface area contributed by atoms with Gasteiger partial charge in [-0.1, -0.05) is 48.6 Å². The van der Waals surface area contributed by atoms with Crippen LogP contribution in [0.3, 0.4) is 0 Å². The highest BCUT2D eigenvalue weighted by Crippen LogP contribution is 2.00. The highest BCUT2D eigenvalue weighted by molar-refractivity contribution is 5.95. The van der Waals surface area contributed by atoms with E-state index >= 15 is 0 Å². The third kappa shape index (κ3) is 3.73. The minimum atomic E-state index is -0.0375. The molecule has 2 heteroatoms. The van der Waals surface area contributed by atoms with Crippen LogP contribution in [0.15, 0.2) is 54.1 Å². The van der Waals surface area contributed by atoms with Crippen molar-refractivity contribution in [3.8, 4) is 0 Å². The molecule has 0 aliphatic carbocycles. The fourth-order valence-electron chi connectivity index (χ4n) is 1.36. The maximum atomic E-state index is 11.7. The van der Waals surface area contributed by atoms with Crippen LogP contribution in [0.2, 0.25) is 0 Å². The van der Waals surface area contributed by atoms with Crippen LogP contribution in [0.1, 0.15) is 19.4 Å². The molecule has 0 heterocycles. The van der Waals surface area contributed by atoms with Crippen LogP contribution in [0, 0.1) is 0 Å². The molecular formula is C14H17NO. The Morgan fingerprint density at radius 1 is 1.25 bits per heavy atom. The van der Waals surface area contributed by atoms with Gasteiger partial charge in [-0.3, -0.25) is 4.79 Å². The normalized spacial score (nSPS) is 11.8. The number of hydrogen-bond acceptors (Lipinski definition) is 1. The predicted molar refractivity (Wildman–Crippen MR) is 66.9 cm³/mol. The summed E-state index contributed by atoms with van der Waals surface area (Å²) in [5.74, 6) is -0.0375. The second-order valence-electron chi connectivity index (χ2n) is 3.41. The SMILES string of the molecule is C/C=C\C(=C/C)C(=O)NCc1ccccc1. The smallest absolute Gasteiger partial charge is 0.251 e. The van der Waals surface area contributed by atoms with Crippen LogP contribution in [0.5, 0.6) is 0 Å². The summed E-state index contributed by atoms with van der Waals surface area (Å²) in [5, 5.41) is 2.88. The quantitative estimate of drug-likeness (QED) is 0.607. The maximum absolute atomic E-state index is 11.7. The number of hydrogen-bond donors (Lipinski definition) is 1. The Kier molecular flexibility index (Phi) is 5.06. The number of amides is 1. The second-order valence-corrected chi connectivity index (χ2v) is 3.41. The van der Waals surface area contributed by atoms with E-state index in [-0.39, 0.29) is 5.91 Å². The summed E-state index contributed by atoms with van der Waals surface area (Å²) < 4.78 is 0. The van der Waals surface area contributed by atoms with E-state index in [2.05, 4.69) is 5.32 Å². The van der Waals surface area contributed by atoms with Crippen LogP contribution in [0.25, 0.3) is 0 Å². The van der Waals surface area contributed by atoms with E-state index in [0.717, 1.165) is 5.56 Å². The van der Waals surface area contributed by atoms with Crippen molar-refractivity contribution in [3.63, 3.8) is 0 Å². The monoisotopic (exact) mass is 215 g/mol. The molecule has 1 aromatic rings. The number of allylic oxidation sites excluding steroid dienone is 2. The summed E-state index contributed by atoms with van der Waals surface area (Å²) in [6.45, 7) is 4.32. The summed E-state index contributed by atoms with van der Waals surface area (Å²) in [4.78, 5) is 11.7. The lowest BCUT2D eigenvalue weighted by molar-refractivity contribution is -0.117. The van der Waals surface area contributed by atoms with E-state index in [1.165, 1.54) is 0 Å². The number of benzene rings is 1. The molecule has 0 aliphatic heterocycles. The van der Waals surface area contributed by atoms with Crippen molar-refractivity contribution in [1.82, 2.24) is 5.32 Å². The number of rotatable bonds is 4. The topological polar surface area (TPSA) is 29.1 Å². The summed E-state index contributed by atoms with van der Waals surface area (Å²) >= 11 is 0. The average molecular weight is 215 g/mol. The first kappa shape index (κ1) is 12.2. The molecule has 1 rings (SSSR count). The standard InChI is InChI=1S/C14H17NO/c1-3-8-13(4-2)14(16)15-11-12-9-6-5-7-10-12/h3-10H,11H2,1-2H3,(H,15,16)/b8-3-,13-4+.